The molecule has 0 spiro atoms. The molecule has 1 unspecified atom stereocenters. The number of anilines is 1. The fraction of sp³-hybridized carbons (Fsp3) is 0.600. The number of likely N-dealkylation sites (tertiary alicyclic amines) is 1. The molecule has 4 rings (SSSR count). The Morgan fingerprint density at radius 3 is 2.25 bits per heavy atom. The van der Waals surface area contributed by atoms with Gasteiger partial charge >= 0.3 is 0 Å². The number of carbonyl (C=O) groups excluding carboxylic acids is 2. The zero-order valence-electron chi connectivity index (χ0n) is 15.9. The van der Waals surface area contributed by atoms with E-state index < -0.39 is 11.6 Å². The van der Waals surface area contributed by atoms with Gasteiger partial charge in [-0.1, -0.05) is 6.07 Å². The Labute approximate surface area is 163 Å². The van der Waals surface area contributed by atoms with Crippen LogP contribution in [0.15, 0.2) is 18.2 Å². The Morgan fingerprint density at radius 1 is 0.964 bits per heavy atom. The Balaban J connectivity index is 1.33. The van der Waals surface area contributed by atoms with E-state index in [-0.39, 0.29) is 23.5 Å². The lowest BCUT2D eigenvalue weighted by molar-refractivity contribution is -0.132. The van der Waals surface area contributed by atoms with E-state index in [2.05, 4.69) is 9.80 Å². The maximum atomic E-state index is 14.1. The SMILES string of the molecule is O=C(CN1CCN(C2CCN(c3c(F)cccc3F)C2=O)CC1)N1CCCC1. The Hall–Kier alpha value is -2.06. The first-order chi connectivity index (χ1) is 13.5. The molecule has 0 N–H and O–H groups in total. The van der Waals surface area contributed by atoms with E-state index in [9.17, 15) is 18.4 Å². The molecule has 1 atom stereocenters. The van der Waals surface area contributed by atoms with Crippen molar-refractivity contribution in [1.29, 1.82) is 0 Å². The van der Waals surface area contributed by atoms with Crippen LogP contribution in [0, 0.1) is 11.6 Å². The van der Waals surface area contributed by atoms with Gasteiger partial charge in [-0.15, -0.1) is 0 Å². The molecule has 3 aliphatic heterocycles. The summed E-state index contributed by atoms with van der Waals surface area (Å²) in [4.78, 5) is 32.5. The number of rotatable bonds is 4. The lowest BCUT2D eigenvalue weighted by Gasteiger charge is -2.37. The molecule has 0 radical (unpaired) electrons. The molecule has 0 aliphatic carbocycles. The second-order valence-corrected chi connectivity index (χ2v) is 7.76. The van der Waals surface area contributed by atoms with Gasteiger partial charge in [0.15, 0.2) is 0 Å². The third-order valence-corrected chi connectivity index (χ3v) is 6.05. The van der Waals surface area contributed by atoms with Gasteiger partial charge in [-0.05, 0) is 31.4 Å². The van der Waals surface area contributed by atoms with Crippen LogP contribution in [-0.2, 0) is 9.59 Å². The third kappa shape index (κ3) is 3.75. The van der Waals surface area contributed by atoms with Crippen molar-refractivity contribution in [2.24, 2.45) is 0 Å². The fourth-order valence-electron chi connectivity index (χ4n) is 4.46. The van der Waals surface area contributed by atoms with Crippen LogP contribution in [0.2, 0.25) is 0 Å². The van der Waals surface area contributed by atoms with Gasteiger partial charge in [0.05, 0.1) is 12.6 Å². The highest BCUT2D eigenvalue weighted by atomic mass is 19.1. The monoisotopic (exact) mass is 392 g/mol. The van der Waals surface area contributed by atoms with E-state index in [0.29, 0.717) is 32.6 Å². The first kappa shape index (κ1) is 19.3. The molecule has 1 aromatic carbocycles. The summed E-state index contributed by atoms with van der Waals surface area (Å²) in [6, 6.07) is 3.30. The predicted molar refractivity (Wildman–Crippen MR) is 101 cm³/mol. The van der Waals surface area contributed by atoms with Gasteiger partial charge < -0.3 is 9.80 Å². The first-order valence-electron chi connectivity index (χ1n) is 10.0. The average molecular weight is 392 g/mol. The summed E-state index contributed by atoms with van der Waals surface area (Å²) >= 11 is 0. The number of benzene rings is 1. The van der Waals surface area contributed by atoms with Gasteiger partial charge in [-0.3, -0.25) is 19.4 Å². The number of nitrogens with zero attached hydrogens (tertiary/aromatic N) is 4. The lowest BCUT2D eigenvalue weighted by atomic mass is 10.1. The smallest absolute Gasteiger partial charge is 0.244 e. The van der Waals surface area contributed by atoms with Crippen molar-refractivity contribution in [3.8, 4) is 0 Å². The Morgan fingerprint density at radius 2 is 1.61 bits per heavy atom. The highest BCUT2D eigenvalue weighted by Crippen LogP contribution is 2.29. The van der Waals surface area contributed by atoms with Crippen molar-refractivity contribution in [3.05, 3.63) is 29.8 Å². The number of halogens is 2. The molecule has 2 amide bonds. The second kappa shape index (κ2) is 8.13. The van der Waals surface area contributed by atoms with Crippen LogP contribution in [0.1, 0.15) is 19.3 Å². The normalized spacial score (nSPS) is 24.4. The van der Waals surface area contributed by atoms with E-state index in [0.717, 1.165) is 39.0 Å². The number of amides is 2. The van der Waals surface area contributed by atoms with Crippen molar-refractivity contribution in [2.45, 2.75) is 25.3 Å². The molecule has 152 valence electrons. The standard InChI is InChI=1S/C20H26F2N4O2/c21-15-4-3-5-16(22)19(15)26-9-6-17(20(26)28)24-12-10-23(11-13-24)14-18(27)25-7-1-2-8-25/h3-5,17H,1-2,6-14H2. The molecule has 3 heterocycles. The van der Waals surface area contributed by atoms with Crippen LogP contribution in [-0.4, -0.2) is 84.9 Å². The summed E-state index contributed by atoms with van der Waals surface area (Å²) in [5.41, 5.74) is -0.246. The van der Waals surface area contributed by atoms with Gasteiger partial charge in [0.2, 0.25) is 11.8 Å². The molecular formula is C20H26F2N4O2. The number of hydrogen-bond acceptors (Lipinski definition) is 4. The van der Waals surface area contributed by atoms with E-state index in [1.165, 1.54) is 23.1 Å². The lowest BCUT2D eigenvalue weighted by Crippen LogP contribution is -2.54. The van der Waals surface area contributed by atoms with Gasteiger partial charge in [-0.25, -0.2) is 8.78 Å². The van der Waals surface area contributed by atoms with Crippen molar-refractivity contribution in [1.82, 2.24) is 14.7 Å². The summed E-state index contributed by atoms with van der Waals surface area (Å²) < 4.78 is 28.1. The van der Waals surface area contributed by atoms with Crippen LogP contribution in [0.5, 0.6) is 0 Å². The first-order valence-corrected chi connectivity index (χ1v) is 10.0. The topological polar surface area (TPSA) is 47.1 Å². The number of carbonyl (C=O) groups is 2. The van der Waals surface area contributed by atoms with Crippen LogP contribution in [0.3, 0.4) is 0 Å². The van der Waals surface area contributed by atoms with Gasteiger partial charge in [0.1, 0.15) is 17.3 Å². The summed E-state index contributed by atoms with van der Waals surface area (Å²) in [7, 11) is 0. The van der Waals surface area contributed by atoms with Gasteiger partial charge in [-0.2, -0.15) is 0 Å². The minimum absolute atomic E-state index is 0.184. The molecule has 3 aliphatic rings. The molecule has 0 saturated carbocycles. The molecule has 0 bridgehead atoms. The number of para-hydroxylation sites is 1. The summed E-state index contributed by atoms with van der Waals surface area (Å²) in [5, 5.41) is 0. The largest absolute Gasteiger partial charge is 0.342 e. The molecule has 0 aromatic heterocycles. The zero-order chi connectivity index (χ0) is 19.7. The average Bonchev–Trinajstić information content (AvgIpc) is 3.33. The molecule has 6 nitrogen and oxygen atoms in total. The molecule has 3 fully saturated rings. The molecule has 3 saturated heterocycles. The predicted octanol–water partition coefficient (Wildman–Crippen LogP) is 1.31. The maximum Gasteiger partial charge on any atom is 0.244 e. The van der Waals surface area contributed by atoms with Crippen molar-refractivity contribution in [2.75, 3.05) is 57.3 Å². The summed E-state index contributed by atoms with van der Waals surface area (Å²) in [5.74, 6) is -1.48. The minimum atomic E-state index is -0.709. The van der Waals surface area contributed by atoms with E-state index in [1.807, 2.05) is 4.90 Å². The Bertz CT molecular complexity index is 725. The zero-order valence-corrected chi connectivity index (χ0v) is 15.9. The van der Waals surface area contributed by atoms with Gasteiger partial charge in [0, 0.05) is 45.8 Å². The van der Waals surface area contributed by atoms with Gasteiger partial charge in [0.25, 0.3) is 0 Å². The highest BCUT2D eigenvalue weighted by molar-refractivity contribution is 5.99. The second-order valence-electron chi connectivity index (χ2n) is 7.76. The highest BCUT2D eigenvalue weighted by Gasteiger charge is 2.39. The minimum Gasteiger partial charge on any atom is -0.342 e. The molecule has 8 heteroatoms. The quantitative estimate of drug-likeness (QED) is 0.775. The maximum absolute atomic E-state index is 14.1. The van der Waals surface area contributed by atoms with Crippen molar-refractivity contribution in [3.63, 3.8) is 0 Å². The molecule has 28 heavy (non-hydrogen) atoms. The van der Waals surface area contributed by atoms with Crippen LogP contribution < -0.4 is 4.90 Å². The summed E-state index contributed by atoms with van der Waals surface area (Å²) in [6.07, 6.45) is 2.73. The summed E-state index contributed by atoms with van der Waals surface area (Å²) in [6.45, 7) is 5.26. The van der Waals surface area contributed by atoms with Crippen LogP contribution in [0.4, 0.5) is 14.5 Å². The number of hydrogen-bond donors (Lipinski definition) is 0. The molecule has 1 aromatic rings. The van der Waals surface area contributed by atoms with Crippen LogP contribution >= 0.6 is 0 Å². The van der Waals surface area contributed by atoms with E-state index in [4.69, 9.17) is 0 Å². The van der Waals surface area contributed by atoms with Crippen LogP contribution in [0.25, 0.3) is 0 Å². The fourth-order valence-corrected chi connectivity index (χ4v) is 4.46. The third-order valence-electron chi connectivity index (χ3n) is 6.05. The number of piperazine rings is 1. The Kier molecular flexibility index (Phi) is 5.59. The molecular weight excluding hydrogens is 366 g/mol. The van der Waals surface area contributed by atoms with Crippen molar-refractivity contribution >= 4 is 17.5 Å². The van der Waals surface area contributed by atoms with E-state index >= 15 is 0 Å². The van der Waals surface area contributed by atoms with Crippen molar-refractivity contribution < 1.29 is 18.4 Å². The van der Waals surface area contributed by atoms with E-state index in [1.54, 1.807) is 0 Å².